The van der Waals surface area contributed by atoms with Crippen LogP contribution in [-0.2, 0) is 0 Å². The molecule has 0 aliphatic rings. The standard InChI is InChI=1S/C7H4Cl2F2N2O/c8-3-1-2(12)4(7(10)11)5(13-3)6(9)14/h1,7H,(H2,12,13). The molecule has 0 saturated carbocycles. The molecule has 0 saturated heterocycles. The average molecular weight is 241 g/mol. The molecule has 0 spiro atoms. The molecule has 1 aromatic rings. The van der Waals surface area contributed by atoms with Crippen LogP contribution in [0.4, 0.5) is 14.5 Å². The van der Waals surface area contributed by atoms with Crippen LogP contribution in [0.3, 0.4) is 0 Å². The van der Waals surface area contributed by atoms with Crippen molar-refractivity contribution in [3.8, 4) is 0 Å². The van der Waals surface area contributed by atoms with E-state index in [0.717, 1.165) is 6.07 Å². The van der Waals surface area contributed by atoms with Gasteiger partial charge in [-0.1, -0.05) is 11.6 Å². The Bertz CT molecular complexity index is 384. The van der Waals surface area contributed by atoms with Crippen LogP contribution in [0.25, 0.3) is 0 Å². The summed E-state index contributed by atoms with van der Waals surface area (Å²) in [6, 6.07) is 1.03. The molecule has 0 bridgehead atoms. The molecule has 0 atom stereocenters. The van der Waals surface area contributed by atoms with Crippen LogP contribution in [-0.4, -0.2) is 10.2 Å². The Morgan fingerprint density at radius 3 is 2.57 bits per heavy atom. The highest BCUT2D eigenvalue weighted by Crippen LogP contribution is 2.30. The summed E-state index contributed by atoms with van der Waals surface area (Å²) in [5.41, 5.74) is 3.65. The summed E-state index contributed by atoms with van der Waals surface area (Å²) in [6.45, 7) is 0. The summed E-state index contributed by atoms with van der Waals surface area (Å²) in [7, 11) is 0. The van der Waals surface area contributed by atoms with Gasteiger partial charge in [-0.3, -0.25) is 4.79 Å². The number of carbonyl (C=O) groups excluding carboxylic acids is 1. The highest BCUT2D eigenvalue weighted by molar-refractivity contribution is 6.67. The molecule has 0 aliphatic carbocycles. The molecule has 7 heteroatoms. The van der Waals surface area contributed by atoms with Crippen molar-refractivity contribution in [2.24, 2.45) is 0 Å². The van der Waals surface area contributed by atoms with E-state index >= 15 is 0 Å². The van der Waals surface area contributed by atoms with Gasteiger partial charge < -0.3 is 5.73 Å². The molecular weight excluding hydrogens is 237 g/mol. The van der Waals surface area contributed by atoms with Crippen LogP contribution in [0.5, 0.6) is 0 Å². The van der Waals surface area contributed by atoms with Crippen LogP contribution in [0.15, 0.2) is 6.07 Å². The highest BCUT2D eigenvalue weighted by atomic mass is 35.5. The highest BCUT2D eigenvalue weighted by Gasteiger charge is 2.22. The van der Waals surface area contributed by atoms with Crippen molar-refractivity contribution in [2.45, 2.75) is 6.43 Å². The lowest BCUT2D eigenvalue weighted by molar-refractivity contribution is 0.106. The number of hydrogen-bond donors (Lipinski definition) is 1. The Morgan fingerprint density at radius 2 is 2.14 bits per heavy atom. The largest absolute Gasteiger partial charge is 0.398 e. The smallest absolute Gasteiger partial charge is 0.271 e. The maximum Gasteiger partial charge on any atom is 0.271 e. The quantitative estimate of drug-likeness (QED) is 0.639. The van der Waals surface area contributed by atoms with E-state index in [1.807, 2.05) is 0 Å². The molecule has 0 unspecified atom stereocenters. The zero-order valence-electron chi connectivity index (χ0n) is 6.60. The van der Waals surface area contributed by atoms with Crippen molar-refractivity contribution in [2.75, 3.05) is 5.73 Å². The van der Waals surface area contributed by atoms with E-state index in [9.17, 15) is 13.6 Å². The second-order valence-electron chi connectivity index (χ2n) is 2.37. The maximum atomic E-state index is 12.4. The Balaban J connectivity index is 3.44. The van der Waals surface area contributed by atoms with Gasteiger partial charge in [-0.15, -0.1) is 0 Å². The third-order valence-corrected chi connectivity index (χ3v) is 1.84. The fourth-order valence-electron chi connectivity index (χ4n) is 0.921. The Kier molecular flexibility index (Phi) is 3.23. The van der Waals surface area contributed by atoms with E-state index < -0.39 is 22.9 Å². The summed E-state index contributed by atoms with van der Waals surface area (Å²) in [4.78, 5) is 14.1. The van der Waals surface area contributed by atoms with Gasteiger partial charge in [-0.05, 0) is 17.7 Å². The van der Waals surface area contributed by atoms with E-state index in [2.05, 4.69) is 4.98 Å². The van der Waals surface area contributed by atoms with Gasteiger partial charge in [0.15, 0.2) is 0 Å². The molecule has 0 aliphatic heterocycles. The molecule has 0 aromatic carbocycles. The molecule has 1 heterocycles. The molecule has 1 rings (SSSR count). The second-order valence-corrected chi connectivity index (χ2v) is 3.10. The molecular formula is C7H4Cl2F2N2O. The summed E-state index contributed by atoms with van der Waals surface area (Å²) in [6.07, 6.45) is -2.92. The molecule has 2 N–H and O–H groups in total. The van der Waals surface area contributed by atoms with Crippen LogP contribution >= 0.6 is 23.2 Å². The van der Waals surface area contributed by atoms with Gasteiger partial charge in [0.2, 0.25) is 0 Å². The molecule has 0 radical (unpaired) electrons. The van der Waals surface area contributed by atoms with Crippen LogP contribution in [0.2, 0.25) is 5.15 Å². The van der Waals surface area contributed by atoms with Crippen molar-refractivity contribution in [3.05, 3.63) is 22.5 Å². The summed E-state index contributed by atoms with van der Waals surface area (Å²) >= 11 is 10.5. The third kappa shape index (κ3) is 2.10. The van der Waals surface area contributed by atoms with Gasteiger partial charge >= 0.3 is 0 Å². The van der Waals surface area contributed by atoms with E-state index in [0.29, 0.717) is 0 Å². The van der Waals surface area contributed by atoms with Gasteiger partial charge in [0.05, 0.1) is 5.56 Å². The van der Waals surface area contributed by atoms with E-state index in [-0.39, 0.29) is 10.8 Å². The SMILES string of the molecule is Nc1cc(Cl)nc(C(=O)Cl)c1C(F)F. The summed E-state index contributed by atoms with van der Waals surface area (Å²) in [5, 5.41) is -1.27. The average Bonchev–Trinajstić information content (AvgIpc) is 2.01. The second kappa shape index (κ2) is 4.06. The lowest BCUT2D eigenvalue weighted by Gasteiger charge is -2.07. The van der Waals surface area contributed by atoms with Crippen LogP contribution in [0.1, 0.15) is 22.5 Å². The summed E-state index contributed by atoms with van der Waals surface area (Å²) in [5.74, 6) is 0. The Labute approximate surface area is 87.8 Å². The van der Waals surface area contributed by atoms with Gasteiger partial charge in [0.1, 0.15) is 10.8 Å². The number of nitrogens with zero attached hydrogens (tertiary/aromatic N) is 1. The molecule has 14 heavy (non-hydrogen) atoms. The lowest BCUT2D eigenvalue weighted by Crippen LogP contribution is -2.06. The third-order valence-electron chi connectivity index (χ3n) is 1.46. The zero-order valence-corrected chi connectivity index (χ0v) is 8.11. The lowest BCUT2D eigenvalue weighted by atomic mass is 10.2. The first-order chi connectivity index (χ1) is 6.43. The fourth-order valence-corrected chi connectivity index (χ4v) is 1.27. The zero-order chi connectivity index (χ0) is 10.9. The number of carbonyl (C=O) groups is 1. The Morgan fingerprint density at radius 1 is 1.57 bits per heavy atom. The number of halogens is 4. The molecule has 3 nitrogen and oxygen atoms in total. The minimum Gasteiger partial charge on any atom is -0.398 e. The van der Waals surface area contributed by atoms with E-state index in [4.69, 9.17) is 28.9 Å². The topological polar surface area (TPSA) is 56.0 Å². The number of hydrogen-bond acceptors (Lipinski definition) is 3. The number of aromatic nitrogens is 1. The van der Waals surface area contributed by atoms with Gasteiger partial charge in [-0.2, -0.15) is 0 Å². The van der Waals surface area contributed by atoms with E-state index in [1.54, 1.807) is 0 Å². The van der Waals surface area contributed by atoms with Gasteiger partial charge in [-0.25, -0.2) is 13.8 Å². The van der Waals surface area contributed by atoms with Gasteiger partial charge in [0.25, 0.3) is 11.7 Å². The molecule has 76 valence electrons. The van der Waals surface area contributed by atoms with Crippen LogP contribution < -0.4 is 5.73 Å². The number of rotatable bonds is 2. The monoisotopic (exact) mass is 240 g/mol. The minimum absolute atomic E-state index is 0.157. The predicted octanol–water partition coefficient (Wildman–Crippen LogP) is 2.63. The predicted molar refractivity (Wildman–Crippen MR) is 48.8 cm³/mol. The first-order valence-electron chi connectivity index (χ1n) is 3.37. The first-order valence-corrected chi connectivity index (χ1v) is 4.13. The summed E-state index contributed by atoms with van der Waals surface area (Å²) < 4.78 is 24.8. The van der Waals surface area contributed by atoms with E-state index in [1.165, 1.54) is 0 Å². The fraction of sp³-hybridized carbons (Fsp3) is 0.143. The maximum absolute atomic E-state index is 12.4. The van der Waals surface area contributed by atoms with Crippen molar-refractivity contribution >= 4 is 34.1 Å². The number of pyridine rings is 1. The Hall–Kier alpha value is -0.940. The van der Waals surface area contributed by atoms with Crippen molar-refractivity contribution in [1.82, 2.24) is 4.98 Å². The van der Waals surface area contributed by atoms with Crippen LogP contribution in [0, 0.1) is 0 Å². The molecule has 1 aromatic heterocycles. The number of nitrogen functional groups attached to an aromatic ring is 1. The number of anilines is 1. The van der Waals surface area contributed by atoms with Crippen molar-refractivity contribution in [3.63, 3.8) is 0 Å². The molecule has 0 amide bonds. The normalized spacial score (nSPS) is 10.6. The van der Waals surface area contributed by atoms with Gasteiger partial charge in [0, 0.05) is 5.69 Å². The first kappa shape index (κ1) is 11.1. The number of nitrogens with two attached hydrogens (primary N) is 1. The van der Waals surface area contributed by atoms with Crippen molar-refractivity contribution in [1.29, 1.82) is 0 Å². The minimum atomic E-state index is -2.92. The number of alkyl halides is 2. The molecule has 0 fully saturated rings. The van der Waals surface area contributed by atoms with Crippen molar-refractivity contribution < 1.29 is 13.6 Å².